The van der Waals surface area contributed by atoms with Crippen molar-refractivity contribution < 1.29 is 18.7 Å². The Labute approximate surface area is 130 Å². The standard InChI is InChI=1S/C17H22FNO3/c1-12(20)14-11-13(8-9-15(14)18)7-5-6-10-19-16(21)22-17(2,3)4/h5,7-9,11H,6,10H2,1-4H3,(H,19,21). The minimum atomic E-state index is -0.517. The average molecular weight is 307 g/mol. The third-order valence-corrected chi connectivity index (χ3v) is 2.66. The first-order valence-corrected chi connectivity index (χ1v) is 7.13. The van der Waals surface area contributed by atoms with Gasteiger partial charge in [-0.2, -0.15) is 0 Å². The molecule has 4 nitrogen and oxygen atoms in total. The van der Waals surface area contributed by atoms with Gasteiger partial charge in [-0.3, -0.25) is 4.79 Å². The summed E-state index contributed by atoms with van der Waals surface area (Å²) in [5, 5.41) is 2.64. The molecule has 0 radical (unpaired) electrons. The zero-order valence-corrected chi connectivity index (χ0v) is 13.4. The number of carbonyl (C=O) groups excluding carboxylic acids is 2. The van der Waals surface area contributed by atoms with E-state index in [1.807, 2.05) is 6.08 Å². The second-order valence-electron chi connectivity index (χ2n) is 5.92. The zero-order chi connectivity index (χ0) is 16.8. The first kappa shape index (κ1) is 17.9. The van der Waals surface area contributed by atoms with Gasteiger partial charge in [-0.25, -0.2) is 9.18 Å². The second kappa shape index (κ2) is 7.73. The van der Waals surface area contributed by atoms with Gasteiger partial charge in [0.2, 0.25) is 0 Å². The van der Waals surface area contributed by atoms with E-state index in [-0.39, 0.29) is 11.3 Å². The van der Waals surface area contributed by atoms with Crippen molar-refractivity contribution in [2.24, 2.45) is 0 Å². The highest BCUT2D eigenvalue weighted by Crippen LogP contribution is 2.13. The predicted octanol–water partition coefficient (Wildman–Crippen LogP) is 3.96. The number of alkyl carbamates (subject to hydrolysis) is 1. The van der Waals surface area contributed by atoms with Gasteiger partial charge in [0, 0.05) is 6.54 Å². The highest BCUT2D eigenvalue weighted by Gasteiger charge is 2.15. The maximum absolute atomic E-state index is 13.4. The van der Waals surface area contributed by atoms with Crippen molar-refractivity contribution in [2.75, 3.05) is 6.54 Å². The molecule has 0 saturated carbocycles. The van der Waals surface area contributed by atoms with Gasteiger partial charge in [-0.05, 0) is 51.8 Å². The summed E-state index contributed by atoms with van der Waals surface area (Å²) in [6, 6.07) is 4.38. The van der Waals surface area contributed by atoms with Crippen molar-refractivity contribution >= 4 is 18.0 Å². The van der Waals surface area contributed by atoms with Gasteiger partial charge in [-0.15, -0.1) is 0 Å². The number of carbonyl (C=O) groups is 2. The summed E-state index contributed by atoms with van der Waals surface area (Å²) in [5.41, 5.74) is 0.301. The molecule has 0 unspecified atom stereocenters. The Hall–Kier alpha value is -2.17. The van der Waals surface area contributed by atoms with Gasteiger partial charge in [0.05, 0.1) is 5.56 Å². The SMILES string of the molecule is CC(=O)c1cc(C=CCCNC(=O)OC(C)(C)C)ccc1F. The van der Waals surface area contributed by atoms with E-state index >= 15 is 0 Å². The van der Waals surface area contributed by atoms with Crippen molar-refractivity contribution in [2.45, 2.75) is 39.7 Å². The van der Waals surface area contributed by atoms with Crippen molar-refractivity contribution in [3.63, 3.8) is 0 Å². The number of ether oxygens (including phenoxy) is 1. The Morgan fingerprint density at radius 2 is 2.00 bits per heavy atom. The fraction of sp³-hybridized carbons (Fsp3) is 0.412. The van der Waals surface area contributed by atoms with Crippen molar-refractivity contribution in [1.29, 1.82) is 0 Å². The number of benzene rings is 1. The Balaban J connectivity index is 2.45. The lowest BCUT2D eigenvalue weighted by Gasteiger charge is -2.19. The smallest absolute Gasteiger partial charge is 0.407 e. The van der Waals surface area contributed by atoms with Crippen LogP contribution >= 0.6 is 0 Å². The molecule has 0 spiro atoms. The highest BCUT2D eigenvalue weighted by molar-refractivity contribution is 5.94. The van der Waals surface area contributed by atoms with E-state index < -0.39 is 17.5 Å². The number of hydrogen-bond donors (Lipinski definition) is 1. The van der Waals surface area contributed by atoms with Gasteiger partial charge in [-0.1, -0.05) is 18.2 Å². The quantitative estimate of drug-likeness (QED) is 0.662. The largest absolute Gasteiger partial charge is 0.444 e. The van der Waals surface area contributed by atoms with Crippen LogP contribution in [0.2, 0.25) is 0 Å². The van der Waals surface area contributed by atoms with E-state index in [2.05, 4.69) is 5.32 Å². The third kappa shape index (κ3) is 6.52. The summed E-state index contributed by atoms with van der Waals surface area (Å²) >= 11 is 0. The van der Waals surface area contributed by atoms with E-state index in [0.717, 1.165) is 5.56 Å². The summed E-state index contributed by atoms with van der Waals surface area (Å²) < 4.78 is 18.5. The summed E-state index contributed by atoms with van der Waals surface area (Å²) in [6.07, 6.45) is 3.77. The molecule has 0 fully saturated rings. The summed E-state index contributed by atoms with van der Waals surface area (Å²) in [6.45, 7) is 7.16. The second-order valence-corrected chi connectivity index (χ2v) is 5.92. The molecule has 0 aliphatic carbocycles. The molecule has 1 rings (SSSR count). The number of halogens is 1. The molecular formula is C17H22FNO3. The zero-order valence-electron chi connectivity index (χ0n) is 13.4. The van der Waals surface area contributed by atoms with Crippen molar-refractivity contribution in [3.05, 3.63) is 41.2 Å². The van der Waals surface area contributed by atoms with Crippen LogP contribution in [0.1, 0.15) is 50.0 Å². The van der Waals surface area contributed by atoms with E-state index in [0.29, 0.717) is 13.0 Å². The van der Waals surface area contributed by atoms with Crippen molar-refractivity contribution in [1.82, 2.24) is 5.32 Å². The molecule has 0 bridgehead atoms. The molecule has 22 heavy (non-hydrogen) atoms. The van der Waals surface area contributed by atoms with E-state index in [4.69, 9.17) is 4.74 Å². The Morgan fingerprint density at radius 3 is 2.59 bits per heavy atom. The summed E-state index contributed by atoms with van der Waals surface area (Å²) in [7, 11) is 0. The molecular weight excluding hydrogens is 285 g/mol. The van der Waals surface area contributed by atoms with Crippen LogP contribution in [0.5, 0.6) is 0 Å². The molecule has 0 atom stereocenters. The number of amides is 1. The lowest BCUT2D eigenvalue weighted by atomic mass is 10.1. The monoisotopic (exact) mass is 307 g/mol. The van der Waals surface area contributed by atoms with Crippen LogP contribution < -0.4 is 5.32 Å². The molecule has 120 valence electrons. The lowest BCUT2D eigenvalue weighted by Crippen LogP contribution is -2.32. The number of hydrogen-bond acceptors (Lipinski definition) is 3. The topological polar surface area (TPSA) is 55.4 Å². The van der Waals surface area contributed by atoms with Crippen LogP contribution in [0.25, 0.3) is 6.08 Å². The van der Waals surface area contributed by atoms with Gasteiger partial charge in [0.15, 0.2) is 5.78 Å². The highest BCUT2D eigenvalue weighted by atomic mass is 19.1. The van der Waals surface area contributed by atoms with Crippen LogP contribution in [-0.2, 0) is 4.74 Å². The van der Waals surface area contributed by atoms with E-state index in [9.17, 15) is 14.0 Å². The number of Topliss-reactive ketones (excluding diaryl/α,β-unsaturated/α-hetero) is 1. The maximum atomic E-state index is 13.4. The van der Waals surface area contributed by atoms with Gasteiger partial charge in [0.25, 0.3) is 0 Å². The third-order valence-electron chi connectivity index (χ3n) is 2.66. The Kier molecular flexibility index (Phi) is 6.28. The molecule has 1 amide bonds. The number of rotatable bonds is 5. The van der Waals surface area contributed by atoms with Crippen molar-refractivity contribution in [3.8, 4) is 0 Å². The normalized spacial score (nSPS) is 11.5. The first-order valence-electron chi connectivity index (χ1n) is 7.13. The minimum absolute atomic E-state index is 0.0778. The minimum Gasteiger partial charge on any atom is -0.444 e. The molecule has 5 heteroatoms. The van der Waals surface area contributed by atoms with Gasteiger partial charge < -0.3 is 10.1 Å². The van der Waals surface area contributed by atoms with E-state index in [1.54, 1.807) is 32.9 Å². The van der Waals surface area contributed by atoms with Crippen LogP contribution in [-0.4, -0.2) is 24.0 Å². The number of ketones is 1. The van der Waals surface area contributed by atoms with E-state index in [1.165, 1.54) is 19.1 Å². The average Bonchev–Trinajstić information content (AvgIpc) is 2.37. The van der Waals surface area contributed by atoms with Crippen LogP contribution in [0.3, 0.4) is 0 Å². The van der Waals surface area contributed by atoms with Crippen LogP contribution in [0, 0.1) is 5.82 Å². The molecule has 0 aromatic heterocycles. The summed E-state index contributed by atoms with van der Waals surface area (Å²) in [5.74, 6) is -0.824. The van der Waals surface area contributed by atoms with Crippen LogP contribution in [0.15, 0.2) is 24.3 Å². The van der Waals surface area contributed by atoms with Crippen LogP contribution in [0.4, 0.5) is 9.18 Å². The molecule has 0 aliphatic heterocycles. The predicted molar refractivity (Wildman–Crippen MR) is 84.3 cm³/mol. The molecule has 1 N–H and O–H groups in total. The molecule has 0 heterocycles. The first-order chi connectivity index (χ1) is 10.2. The Morgan fingerprint density at radius 1 is 1.32 bits per heavy atom. The van der Waals surface area contributed by atoms with Gasteiger partial charge in [0.1, 0.15) is 11.4 Å². The molecule has 1 aromatic rings. The van der Waals surface area contributed by atoms with Gasteiger partial charge >= 0.3 is 6.09 Å². The molecule has 0 saturated heterocycles. The fourth-order valence-corrected chi connectivity index (χ4v) is 1.71. The molecule has 1 aromatic carbocycles. The number of nitrogens with one attached hydrogen (secondary N) is 1. The molecule has 0 aliphatic rings. The maximum Gasteiger partial charge on any atom is 0.407 e. The summed E-state index contributed by atoms with van der Waals surface area (Å²) in [4.78, 5) is 22.7. The Bertz CT molecular complexity index is 574. The lowest BCUT2D eigenvalue weighted by molar-refractivity contribution is 0.0528. The fourth-order valence-electron chi connectivity index (χ4n) is 1.71.